The van der Waals surface area contributed by atoms with E-state index in [1.165, 1.54) is 17.6 Å². The van der Waals surface area contributed by atoms with Crippen LogP contribution in [0.1, 0.15) is 17.4 Å². The molecule has 0 radical (unpaired) electrons. The maximum Gasteiger partial charge on any atom is 0.297 e. The van der Waals surface area contributed by atoms with Gasteiger partial charge in [-0.3, -0.25) is 9.48 Å². The van der Waals surface area contributed by atoms with Crippen molar-refractivity contribution in [2.24, 2.45) is 4.99 Å². The van der Waals surface area contributed by atoms with Crippen LogP contribution in [0.4, 0.5) is 0 Å². The molecule has 3 rings (SSSR count). The number of amides is 1. The number of carbonyl (C=O) groups is 1. The lowest BCUT2D eigenvalue weighted by Gasteiger charge is -2.05. The van der Waals surface area contributed by atoms with Gasteiger partial charge in [0.2, 0.25) is 0 Å². The van der Waals surface area contributed by atoms with Gasteiger partial charge in [-0.15, -0.1) is 0 Å². The Bertz CT molecular complexity index is 1160. The van der Waals surface area contributed by atoms with Crippen LogP contribution in [0.2, 0.25) is 0 Å². The van der Waals surface area contributed by atoms with Crippen LogP contribution in [0.5, 0.6) is 0 Å². The zero-order valence-electron chi connectivity index (χ0n) is 15.2. The van der Waals surface area contributed by atoms with Gasteiger partial charge in [-0.2, -0.15) is 10.1 Å². The number of carbonyl (C=O) groups excluding carboxylic acids is 1. The number of methoxy groups -OCH3 is 1. The second kappa shape index (κ2) is 7.75. The van der Waals surface area contributed by atoms with Crippen molar-refractivity contribution < 1.29 is 17.9 Å². The quantitative estimate of drug-likeness (QED) is 0.619. The number of hydrogen-bond acceptors (Lipinski definition) is 6. The molecule has 0 aliphatic heterocycles. The van der Waals surface area contributed by atoms with E-state index in [-0.39, 0.29) is 4.90 Å². The Morgan fingerprint density at radius 1 is 1.33 bits per heavy atom. The van der Waals surface area contributed by atoms with Gasteiger partial charge < -0.3 is 9.30 Å². The molecule has 8 nitrogen and oxygen atoms in total. The molecule has 144 valence electrons. The fraction of sp³-hybridized carbons (Fsp3) is 0.353. The number of aromatic nitrogens is 3. The zero-order valence-corrected chi connectivity index (χ0v) is 16.9. The lowest BCUT2D eigenvalue weighted by Crippen LogP contribution is -2.20. The molecule has 0 aliphatic carbocycles. The van der Waals surface area contributed by atoms with Crippen molar-refractivity contribution in [3.63, 3.8) is 0 Å². The van der Waals surface area contributed by atoms with Gasteiger partial charge in [-0.1, -0.05) is 11.3 Å². The Kier molecular flexibility index (Phi) is 5.59. The minimum absolute atomic E-state index is 0.233. The average Bonchev–Trinajstić information content (AvgIpc) is 3.22. The molecule has 0 bridgehead atoms. The van der Waals surface area contributed by atoms with Crippen molar-refractivity contribution in [1.29, 1.82) is 0 Å². The van der Waals surface area contributed by atoms with Crippen LogP contribution in [-0.4, -0.2) is 48.6 Å². The van der Waals surface area contributed by atoms with Gasteiger partial charge in [0.1, 0.15) is 5.69 Å². The number of fused-ring (bicyclic) bond motifs is 1. The summed E-state index contributed by atoms with van der Waals surface area (Å²) in [5.41, 5.74) is 1.21. The molecule has 0 atom stereocenters. The second-order valence-corrected chi connectivity index (χ2v) is 8.90. The zero-order chi connectivity index (χ0) is 19.6. The Balaban J connectivity index is 2.16. The maximum absolute atomic E-state index is 12.6. The monoisotopic (exact) mass is 408 g/mol. The highest BCUT2D eigenvalue weighted by molar-refractivity contribution is 7.90. The molecule has 0 spiro atoms. The van der Waals surface area contributed by atoms with Gasteiger partial charge >= 0.3 is 0 Å². The first-order chi connectivity index (χ1) is 12.8. The number of ether oxygens (including phenoxy) is 1. The minimum Gasteiger partial charge on any atom is -0.383 e. The third-order valence-corrected chi connectivity index (χ3v) is 6.19. The second-order valence-electron chi connectivity index (χ2n) is 5.88. The van der Waals surface area contributed by atoms with Gasteiger partial charge in [-0.25, -0.2) is 8.42 Å². The first-order valence-electron chi connectivity index (χ1n) is 8.28. The van der Waals surface area contributed by atoms with E-state index in [9.17, 15) is 13.2 Å². The number of benzene rings is 1. The lowest BCUT2D eigenvalue weighted by atomic mass is 10.3. The normalized spacial score (nSPS) is 12.8. The SMILES string of the molecule is CCn1nccc1C(=O)N=c1sc2cc(S(C)(=O)=O)ccc2n1CCOC. The van der Waals surface area contributed by atoms with Crippen molar-refractivity contribution in [2.75, 3.05) is 20.0 Å². The molecular formula is C17H20N4O4S2. The molecule has 1 amide bonds. The first kappa shape index (κ1) is 19.5. The van der Waals surface area contributed by atoms with Gasteiger partial charge in [0.15, 0.2) is 14.6 Å². The Labute approximate surface area is 160 Å². The molecule has 0 N–H and O–H groups in total. The van der Waals surface area contributed by atoms with E-state index in [4.69, 9.17) is 4.74 Å². The molecule has 0 saturated heterocycles. The van der Waals surface area contributed by atoms with E-state index in [2.05, 4.69) is 10.1 Å². The number of thiazole rings is 1. The van der Waals surface area contributed by atoms with Crippen LogP contribution in [0.15, 0.2) is 40.4 Å². The van der Waals surface area contributed by atoms with Crippen LogP contribution in [0, 0.1) is 0 Å². The van der Waals surface area contributed by atoms with E-state index in [0.29, 0.717) is 30.2 Å². The molecule has 0 fully saturated rings. The van der Waals surface area contributed by atoms with Crippen molar-refractivity contribution in [3.8, 4) is 0 Å². The molecule has 10 heteroatoms. The van der Waals surface area contributed by atoms with E-state index in [1.54, 1.807) is 42.3 Å². The average molecular weight is 409 g/mol. The van der Waals surface area contributed by atoms with Crippen molar-refractivity contribution >= 4 is 37.3 Å². The molecule has 0 saturated carbocycles. The summed E-state index contributed by atoms with van der Waals surface area (Å²) < 4.78 is 33.0. The summed E-state index contributed by atoms with van der Waals surface area (Å²) in [7, 11) is -1.72. The third kappa shape index (κ3) is 4.02. The Hall–Kier alpha value is -2.30. The van der Waals surface area contributed by atoms with Gasteiger partial charge in [0, 0.05) is 32.7 Å². The summed E-state index contributed by atoms with van der Waals surface area (Å²) in [6, 6.07) is 6.53. The number of nitrogens with zero attached hydrogens (tertiary/aromatic N) is 4. The van der Waals surface area contributed by atoms with Crippen LogP contribution in [0.25, 0.3) is 10.2 Å². The molecule has 0 unspecified atom stereocenters. The number of sulfone groups is 1. The van der Waals surface area contributed by atoms with Crippen LogP contribution in [0.3, 0.4) is 0 Å². The van der Waals surface area contributed by atoms with Gasteiger partial charge in [0.05, 0.1) is 21.7 Å². The minimum atomic E-state index is -3.32. The van der Waals surface area contributed by atoms with Gasteiger partial charge in [-0.05, 0) is 31.2 Å². The standard InChI is InChI=1S/C17H20N4O4S2/c1-4-21-14(7-8-18-21)16(22)19-17-20(9-10-25-2)13-6-5-12(27(3,23)24)11-15(13)26-17/h5-8,11H,4,9-10H2,1-3H3. The van der Waals surface area contributed by atoms with Crippen LogP contribution < -0.4 is 4.80 Å². The van der Waals surface area contributed by atoms with Crippen molar-refractivity contribution in [2.45, 2.75) is 24.9 Å². The van der Waals surface area contributed by atoms with Crippen molar-refractivity contribution in [3.05, 3.63) is 41.0 Å². The van der Waals surface area contributed by atoms with E-state index in [0.717, 1.165) is 10.2 Å². The van der Waals surface area contributed by atoms with E-state index < -0.39 is 15.7 Å². The summed E-state index contributed by atoms with van der Waals surface area (Å²) in [5.74, 6) is -0.393. The summed E-state index contributed by atoms with van der Waals surface area (Å²) in [6.45, 7) is 3.40. The lowest BCUT2D eigenvalue weighted by molar-refractivity contribution is 0.0987. The fourth-order valence-corrected chi connectivity index (χ4v) is 4.49. The molecular weight excluding hydrogens is 388 g/mol. The maximum atomic E-state index is 12.6. The Morgan fingerprint density at radius 2 is 2.11 bits per heavy atom. The van der Waals surface area contributed by atoms with Gasteiger partial charge in [0.25, 0.3) is 5.91 Å². The van der Waals surface area contributed by atoms with E-state index >= 15 is 0 Å². The number of aryl methyl sites for hydroxylation is 1. The summed E-state index contributed by atoms with van der Waals surface area (Å²) >= 11 is 1.27. The molecule has 1 aromatic carbocycles. The molecule has 3 aromatic rings. The number of hydrogen-bond donors (Lipinski definition) is 0. The molecule has 2 heterocycles. The van der Waals surface area contributed by atoms with Crippen LogP contribution >= 0.6 is 11.3 Å². The highest BCUT2D eigenvalue weighted by atomic mass is 32.2. The summed E-state index contributed by atoms with van der Waals surface area (Å²) in [5, 5.41) is 4.10. The summed E-state index contributed by atoms with van der Waals surface area (Å²) in [6.07, 6.45) is 2.73. The highest BCUT2D eigenvalue weighted by Gasteiger charge is 2.14. The smallest absolute Gasteiger partial charge is 0.297 e. The number of rotatable bonds is 6. The van der Waals surface area contributed by atoms with Crippen molar-refractivity contribution in [1.82, 2.24) is 14.3 Å². The topological polar surface area (TPSA) is 95.5 Å². The van der Waals surface area contributed by atoms with Crippen LogP contribution in [-0.2, 0) is 27.7 Å². The highest BCUT2D eigenvalue weighted by Crippen LogP contribution is 2.22. The largest absolute Gasteiger partial charge is 0.383 e. The predicted octanol–water partition coefficient (Wildman–Crippen LogP) is 1.71. The summed E-state index contributed by atoms with van der Waals surface area (Å²) in [4.78, 5) is 17.6. The Morgan fingerprint density at radius 3 is 2.78 bits per heavy atom. The first-order valence-corrected chi connectivity index (χ1v) is 11.0. The predicted molar refractivity (Wildman–Crippen MR) is 103 cm³/mol. The molecule has 0 aliphatic rings. The molecule has 27 heavy (non-hydrogen) atoms. The third-order valence-electron chi connectivity index (χ3n) is 4.03. The van der Waals surface area contributed by atoms with E-state index in [1.807, 2.05) is 11.5 Å². The fourth-order valence-electron chi connectivity index (χ4n) is 2.68. The molecule has 2 aromatic heterocycles.